The fourth-order valence-corrected chi connectivity index (χ4v) is 3.88. The maximum atomic E-state index is 3.69. The molecule has 102 valence electrons. The molecule has 1 aliphatic carbocycles. The monoisotopic (exact) mass is 257 g/mol. The lowest BCUT2D eigenvalue weighted by Gasteiger charge is -2.28. The molecule has 0 amide bonds. The van der Waals surface area contributed by atoms with Crippen LogP contribution in [0, 0.1) is 11.8 Å². The van der Waals surface area contributed by atoms with Gasteiger partial charge in [0, 0.05) is 6.04 Å². The van der Waals surface area contributed by atoms with Gasteiger partial charge in [0.15, 0.2) is 0 Å². The van der Waals surface area contributed by atoms with Crippen LogP contribution in [0.25, 0.3) is 0 Å². The van der Waals surface area contributed by atoms with Gasteiger partial charge in [0.25, 0.3) is 0 Å². The first-order chi connectivity index (χ1) is 8.27. The molecule has 1 saturated carbocycles. The van der Waals surface area contributed by atoms with Crippen LogP contribution < -0.4 is 5.32 Å². The molecule has 2 heteroatoms. The second-order valence-corrected chi connectivity index (χ2v) is 6.59. The van der Waals surface area contributed by atoms with Gasteiger partial charge in [-0.1, -0.05) is 46.0 Å². The van der Waals surface area contributed by atoms with Crippen LogP contribution in [0.1, 0.15) is 58.8 Å². The maximum Gasteiger partial charge on any atom is 0.0100 e. The quantitative estimate of drug-likeness (QED) is 0.695. The van der Waals surface area contributed by atoms with Crippen molar-refractivity contribution < 1.29 is 0 Å². The summed E-state index contributed by atoms with van der Waals surface area (Å²) in [7, 11) is 0. The van der Waals surface area contributed by atoms with E-state index in [1.807, 2.05) is 11.8 Å². The van der Waals surface area contributed by atoms with Crippen molar-refractivity contribution in [3.63, 3.8) is 0 Å². The molecule has 0 saturated heterocycles. The number of hydrogen-bond donors (Lipinski definition) is 1. The Morgan fingerprint density at radius 3 is 2.53 bits per heavy atom. The molecule has 0 spiro atoms. The minimum absolute atomic E-state index is 0.745. The summed E-state index contributed by atoms with van der Waals surface area (Å²) >= 11 is 1.99. The number of nitrogens with one attached hydrogen (secondary N) is 1. The number of rotatable bonds is 8. The van der Waals surface area contributed by atoms with Crippen LogP contribution in [-0.2, 0) is 0 Å². The Bertz CT molecular complexity index is 178. The zero-order valence-corrected chi connectivity index (χ0v) is 12.8. The zero-order chi connectivity index (χ0) is 12.5. The highest BCUT2D eigenvalue weighted by molar-refractivity contribution is 7.98. The van der Waals surface area contributed by atoms with Gasteiger partial charge in [-0.25, -0.2) is 0 Å². The third-order valence-electron chi connectivity index (χ3n) is 4.19. The minimum atomic E-state index is 0.745. The van der Waals surface area contributed by atoms with Crippen LogP contribution in [0.2, 0.25) is 0 Å². The van der Waals surface area contributed by atoms with E-state index in [4.69, 9.17) is 0 Å². The Morgan fingerprint density at radius 1 is 1.24 bits per heavy atom. The largest absolute Gasteiger partial charge is 0.314 e. The van der Waals surface area contributed by atoms with Gasteiger partial charge in [-0.2, -0.15) is 11.8 Å². The van der Waals surface area contributed by atoms with E-state index in [2.05, 4.69) is 25.4 Å². The van der Waals surface area contributed by atoms with E-state index in [-0.39, 0.29) is 0 Å². The highest BCUT2D eigenvalue weighted by Crippen LogP contribution is 2.28. The fourth-order valence-electron chi connectivity index (χ4n) is 3.12. The molecule has 2 atom stereocenters. The lowest BCUT2D eigenvalue weighted by Crippen LogP contribution is -2.36. The van der Waals surface area contributed by atoms with E-state index in [1.54, 1.807) is 0 Å². The van der Waals surface area contributed by atoms with Gasteiger partial charge < -0.3 is 5.32 Å². The molecule has 0 radical (unpaired) electrons. The predicted octanol–water partition coefficient (Wildman–Crippen LogP) is 4.32. The molecule has 0 aliphatic heterocycles. The SMILES string of the molecule is CCNC(CCC1CCCCC1)C(C)CSC. The summed E-state index contributed by atoms with van der Waals surface area (Å²) in [4.78, 5) is 0. The van der Waals surface area contributed by atoms with Crippen molar-refractivity contribution in [1.29, 1.82) is 0 Å². The molecule has 1 rings (SSSR count). The van der Waals surface area contributed by atoms with E-state index >= 15 is 0 Å². The molecule has 0 aromatic rings. The van der Waals surface area contributed by atoms with Crippen molar-refractivity contribution in [2.45, 2.75) is 64.8 Å². The summed E-state index contributed by atoms with van der Waals surface area (Å²) < 4.78 is 0. The molecule has 17 heavy (non-hydrogen) atoms. The van der Waals surface area contributed by atoms with E-state index in [0.29, 0.717) is 0 Å². The first-order valence-electron chi connectivity index (χ1n) is 7.50. The van der Waals surface area contributed by atoms with Crippen LogP contribution >= 0.6 is 11.8 Å². The van der Waals surface area contributed by atoms with E-state index in [9.17, 15) is 0 Å². The van der Waals surface area contributed by atoms with Crippen LogP contribution in [0.3, 0.4) is 0 Å². The van der Waals surface area contributed by atoms with Crippen molar-refractivity contribution in [3.05, 3.63) is 0 Å². The van der Waals surface area contributed by atoms with Gasteiger partial charge in [-0.05, 0) is 43.2 Å². The standard InChI is InChI=1S/C15H31NS/c1-4-16-15(13(2)12-17-3)11-10-14-8-6-5-7-9-14/h13-16H,4-12H2,1-3H3. The third-order valence-corrected chi connectivity index (χ3v) is 5.05. The average Bonchev–Trinajstić information content (AvgIpc) is 2.36. The Hall–Kier alpha value is 0.310. The molecule has 1 nitrogen and oxygen atoms in total. The molecule has 0 aromatic carbocycles. The lowest BCUT2D eigenvalue weighted by atomic mass is 9.84. The first kappa shape index (κ1) is 15.4. The van der Waals surface area contributed by atoms with Gasteiger partial charge >= 0.3 is 0 Å². The zero-order valence-electron chi connectivity index (χ0n) is 12.0. The first-order valence-corrected chi connectivity index (χ1v) is 8.89. The second kappa shape index (κ2) is 9.27. The van der Waals surface area contributed by atoms with Crippen LogP contribution in [-0.4, -0.2) is 24.6 Å². The summed E-state index contributed by atoms with van der Waals surface area (Å²) in [6.07, 6.45) is 12.5. The smallest absolute Gasteiger partial charge is 0.0100 e. The topological polar surface area (TPSA) is 12.0 Å². The third kappa shape index (κ3) is 6.15. The van der Waals surface area contributed by atoms with Crippen LogP contribution in [0.5, 0.6) is 0 Å². The highest BCUT2D eigenvalue weighted by Gasteiger charge is 2.19. The van der Waals surface area contributed by atoms with Crippen molar-refractivity contribution in [3.8, 4) is 0 Å². The molecule has 0 bridgehead atoms. The summed E-state index contributed by atoms with van der Waals surface area (Å²) in [5.74, 6) is 3.14. The molecular weight excluding hydrogens is 226 g/mol. The van der Waals surface area contributed by atoms with Gasteiger partial charge in [0.2, 0.25) is 0 Å². The normalized spacial score (nSPS) is 21.4. The highest BCUT2D eigenvalue weighted by atomic mass is 32.2. The van der Waals surface area contributed by atoms with Gasteiger partial charge in [0.05, 0.1) is 0 Å². The Morgan fingerprint density at radius 2 is 1.94 bits per heavy atom. The molecule has 1 N–H and O–H groups in total. The van der Waals surface area contributed by atoms with Gasteiger partial charge in [-0.3, -0.25) is 0 Å². The summed E-state index contributed by atoms with van der Waals surface area (Å²) in [5.41, 5.74) is 0. The summed E-state index contributed by atoms with van der Waals surface area (Å²) in [6, 6.07) is 0.745. The second-order valence-electron chi connectivity index (χ2n) is 5.68. The molecule has 0 aromatic heterocycles. The van der Waals surface area contributed by atoms with E-state index in [1.165, 1.54) is 50.7 Å². The molecule has 1 aliphatic rings. The van der Waals surface area contributed by atoms with Crippen LogP contribution in [0.15, 0.2) is 0 Å². The van der Waals surface area contributed by atoms with Gasteiger partial charge in [0.1, 0.15) is 0 Å². The van der Waals surface area contributed by atoms with E-state index < -0.39 is 0 Å². The molecule has 1 fully saturated rings. The Balaban J connectivity index is 2.26. The maximum absolute atomic E-state index is 3.69. The van der Waals surface area contributed by atoms with Gasteiger partial charge in [-0.15, -0.1) is 0 Å². The van der Waals surface area contributed by atoms with Crippen molar-refractivity contribution in [2.24, 2.45) is 11.8 Å². The Labute approximate surface area is 113 Å². The number of thioether (sulfide) groups is 1. The molecule has 2 unspecified atom stereocenters. The summed E-state index contributed by atoms with van der Waals surface area (Å²) in [6.45, 7) is 5.76. The van der Waals surface area contributed by atoms with Crippen molar-refractivity contribution >= 4 is 11.8 Å². The molecular formula is C15H31NS. The van der Waals surface area contributed by atoms with Crippen molar-refractivity contribution in [2.75, 3.05) is 18.6 Å². The van der Waals surface area contributed by atoms with Crippen LogP contribution in [0.4, 0.5) is 0 Å². The Kier molecular flexibility index (Phi) is 8.38. The van der Waals surface area contributed by atoms with Crippen molar-refractivity contribution in [1.82, 2.24) is 5.32 Å². The summed E-state index contributed by atoms with van der Waals surface area (Å²) in [5, 5.41) is 3.69. The molecule has 0 heterocycles. The number of hydrogen-bond acceptors (Lipinski definition) is 2. The predicted molar refractivity (Wildman–Crippen MR) is 80.8 cm³/mol. The average molecular weight is 257 g/mol. The van der Waals surface area contributed by atoms with E-state index in [0.717, 1.165) is 24.4 Å². The lowest BCUT2D eigenvalue weighted by molar-refractivity contribution is 0.293. The minimum Gasteiger partial charge on any atom is -0.314 e. The fraction of sp³-hybridized carbons (Fsp3) is 1.00.